The number of anilines is 1. The zero-order valence-electron chi connectivity index (χ0n) is 13.9. The van der Waals surface area contributed by atoms with Gasteiger partial charge < -0.3 is 10.6 Å². The highest BCUT2D eigenvalue weighted by Crippen LogP contribution is 2.25. The van der Waals surface area contributed by atoms with E-state index in [1.807, 2.05) is 0 Å². The number of nitrogens with zero attached hydrogens (tertiary/aromatic N) is 3. The van der Waals surface area contributed by atoms with E-state index in [4.69, 9.17) is 23.2 Å². The molecule has 1 aromatic carbocycles. The lowest BCUT2D eigenvalue weighted by Gasteiger charge is -2.07. The zero-order chi connectivity index (χ0) is 20.3. The fourth-order valence-corrected chi connectivity index (χ4v) is 3.39. The first-order chi connectivity index (χ1) is 13.3. The van der Waals surface area contributed by atoms with Gasteiger partial charge in [0.2, 0.25) is 11.8 Å². The molecule has 3 rings (SSSR count). The number of rotatable bonds is 6. The molecule has 0 spiro atoms. The topological polar surface area (TPSA) is 88.4 Å². The summed E-state index contributed by atoms with van der Waals surface area (Å²) in [6.07, 6.45) is 1.57. The molecule has 2 N–H and O–H groups in total. The van der Waals surface area contributed by atoms with Crippen molar-refractivity contribution in [1.29, 1.82) is 0 Å². The fourth-order valence-electron chi connectivity index (χ4n) is 2.14. The minimum Gasteiger partial charge on any atom is -0.346 e. The summed E-state index contributed by atoms with van der Waals surface area (Å²) in [5, 5.41) is 13.7. The van der Waals surface area contributed by atoms with E-state index >= 15 is 0 Å². The molecule has 2 amide bonds. The third-order valence-corrected chi connectivity index (χ3v) is 4.80. The maximum atomic E-state index is 13.1. The maximum absolute atomic E-state index is 13.1. The third kappa shape index (κ3) is 4.89. The lowest BCUT2D eigenvalue weighted by molar-refractivity contribution is -0.122. The molecule has 7 nitrogen and oxygen atoms in total. The van der Waals surface area contributed by atoms with Crippen LogP contribution in [0.5, 0.6) is 0 Å². The van der Waals surface area contributed by atoms with Gasteiger partial charge in [0.25, 0.3) is 0 Å². The molecule has 0 unspecified atom stereocenters. The van der Waals surface area contributed by atoms with E-state index in [2.05, 4.69) is 20.8 Å². The number of hydrogen-bond acceptors (Lipinski definition) is 5. The number of carbonyl (C=O) groups excluding carboxylic acids is 2. The van der Waals surface area contributed by atoms with E-state index in [9.17, 15) is 18.4 Å². The van der Waals surface area contributed by atoms with Crippen LogP contribution < -0.4 is 10.6 Å². The monoisotopic (exact) mass is 445 g/mol. The Hall–Kier alpha value is -2.43. The van der Waals surface area contributed by atoms with Crippen molar-refractivity contribution in [3.05, 3.63) is 52.1 Å². The van der Waals surface area contributed by atoms with Crippen LogP contribution in [0.3, 0.4) is 0 Å². The summed E-state index contributed by atoms with van der Waals surface area (Å²) in [6.45, 7) is -0.337. The van der Waals surface area contributed by atoms with Crippen molar-refractivity contribution in [2.45, 2.75) is 5.16 Å². The van der Waals surface area contributed by atoms with Crippen molar-refractivity contribution in [3.8, 4) is 0 Å². The molecule has 3 aromatic rings. The average Bonchev–Trinajstić information content (AvgIpc) is 3.04. The summed E-state index contributed by atoms with van der Waals surface area (Å²) in [6, 6.07) is 4.47. The highest BCUT2D eigenvalue weighted by Gasteiger charge is 2.13. The van der Waals surface area contributed by atoms with Crippen LogP contribution in [0.2, 0.25) is 10.0 Å². The summed E-state index contributed by atoms with van der Waals surface area (Å²) in [4.78, 5) is 23.7. The van der Waals surface area contributed by atoms with Crippen molar-refractivity contribution in [1.82, 2.24) is 19.9 Å². The van der Waals surface area contributed by atoms with Gasteiger partial charge in [-0.2, -0.15) is 0 Å². The maximum Gasteiger partial charge on any atom is 0.243 e. The normalized spacial score (nSPS) is 10.9. The first-order valence-corrected chi connectivity index (χ1v) is 9.42. The summed E-state index contributed by atoms with van der Waals surface area (Å²) in [7, 11) is 0. The van der Waals surface area contributed by atoms with Gasteiger partial charge in [-0.1, -0.05) is 35.0 Å². The Morgan fingerprint density at radius 3 is 2.64 bits per heavy atom. The molecular formula is C16H11Cl2F2N5O2S. The lowest BCUT2D eigenvalue weighted by Crippen LogP contribution is -2.33. The Kier molecular flexibility index (Phi) is 6.32. The van der Waals surface area contributed by atoms with E-state index in [1.54, 1.807) is 10.6 Å². The Balaban J connectivity index is 1.51. The van der Waals surface area contributed by atoms with Crippen molar-refractivity contribution in [2.75, 3.05) is 17.6 Å². The van der Waals surface area contributed by atoms with Gasteiger partial charge in [-0.3, -0.25) is 14.0 Å². The van der Waals surface area contributed by atoms with E-state index < -0.39 is 23.4 Å². The molecule has 0 aliphatic heterocycles. The number of amides is 2. The Bertz CT molecular complexity index is 1060. The van der Waals surface area contributed by atoms with Crippen molar-refractivity contribution in [3.63, 3.8) is 0 Å². The number of carbonyl (C=O) groups is 2. The second-order valence-corrected chi connectivity index (χ2v) is 7.21. The molecule has 12 heteroatoms. The van der Waals surface area contributed by atoms with Crippen LogP contribution in [0.15, 0.2) is 35.6 Å². The number of thioether (sulfide) groups is 1. The van der Waals surface area contributed by atoms with Gasteiger partial charge in [0.05, 0.1) is 22.3 Å². The van der Waals surface area contributed by atoms with E-state index in [1.165, 1.54) is 12.1 Å². The van der Waals surface area contributed by atoms with Gasteiger partial charge >= 0.3 is 0 Å². The van der Waals surface area contributed by atoms with Crippen LogP contribution in [-0.4, -0.2) is 38.7 Å². The minimum atomic E-state index is -1.08. The number of hydrogen-bond donors (Lipinski definition) is 2. The van der Waals surface area contributed by atoms with Gasteiger partial charge in [0.15, 0.2) is 22.4 Å². The van der Waals surface area contributed by atoms with Gasteiger partial charge in [-0.25, -0.2) is 8.78 Å². The number of nitrogens with one attached hydrogen (secondary N) is 2. The SMILES string of the molecule is O=C(CSc1nnc2c(Cl)cc(Cl)cn12)NCC(=O)Nc1ccc(F)c(F)c1. The lowest BCUT2D eigenvalue weighted by atomic mass is 10.3. The molecule has 0 radical (unpaired) electrons. The second kappa shape index (κ2) is 8.72. The molecule has 0 bridgehead atoms. The van der Waals surface area contributed by atoms with Crippen molar-refractivity contribution < 1.29 is 18.4 Å². The Labute approximate surface area is 171 Å². The Morgan fingerprint density at radius 2 is 1.89 bits per heavy atom. The molecule has 0 aliphatic carbocycles. The number of aromatic nitrogens is 3. The van der Waals surface area contributed by atoms with Crippen LogP contribution in [-0.2, 0) is 9.59 Å². The predicted octanol–water partition coefficient (Wildman–Crippen LogP) is 3.16. The number of fused-ring (bicyclic) bond motifs is 1. The van der Waals surface area contributed by atoms with Crippen LogP contribution >= 0.6 is 35.0 Å². The minimum absolute atomic E-state index is 0.0383. The predicted molar refractivity (Wildman–Crippen MR) is 102 cm³/mol. The van der Waals surface area contributed by atoms with Gasteiger partial charge in [-0.05, 0) is 18.2 Å². The molecule has 0 fully saturated rings. The number of pyridine rings is 1. The second-order valence-electron chi connectivity index (χ2n) is 5.42. The van der Waals surface area contributed by atoms with Crippen molar-refractivity contribution in [2.24, 2.45) is 0 Å². The smallest absolute Gasteiger partial charge is 0.243 e. The summed E-state index contributed by atoms with van der Waals surface area (Å²) in [5.41, 5.74) is 0.482. The average molecular weight is 446 g/mol. The molecule has 0 aliphatic rings. The zero-order valence-corrected chi connectivity index (χ0v) is 16.2. The molecule has 2 aromatic heterocycles. The molecule has 2 heterocycles. The molecule has 0 saturated carbocycles. The van der Waals surface area contributed by atoms with Crippen LogP contribution in [0.25, 0.3) is 5.65 Å². The quantitative estimate of drug-likeness (QED) is 0.568. The summed E-state index contributed by atoms with van der Waals surface area (Å²) < 4.78 is 27.5. The van der Waals surface area contributed by atoms with Gasteiger partial charge in [-0.15, -0.1) is 10.2 Å². The summed E-state index contributed by atoms with van der Waals surface area (Å²) >= 11 is 13.0. The standard InChI is InChI=1S/C16H11Cl2F2N5O2S/c17-8-3-10(18)15-23-24-16(25(15)6-8)28-7-14(27)21-5-13(26)22-9-1-2-11(19)12(20)4-9/h1-4,6H,5,7H2,(H,21,27)(H,22,26). The molecule has 28 heavy (non-hydrogen) atoms. The largest absolute Gasteiger partial charge is 0.346 e. The van der Waals surface area contributed by atoms with E-state index in [-0.39, 0.29) is 18.0 Å². The molecular weight excluding hydrogens is 435 g/mol. The highest BCUT2D eigenvalue weighted by atomic mass is 35.5. The number of benzene rings is 1. The molecule has 146 valence electrons. The van der Waals surface area contributed by atoms with Crippen LogP contribution in [0, 0.1) is 11.6 Å². The van der Waals surface area contributed by atoms with Crippen LogP contribution in [0.4, 0.5) is 14.5 Å². The summed E-state index contributed by atoms with van der Waals surface area (Å²) in [5.74, 6) is -3.17. The first-order valence-electron chi connectivity index (χ1n) is 7.67. The van der Waals surface area contributed by atoms with Gasteiger partial charge in [0.1, 0.15) is 0 Å². The number of halogens is 4. The molecule has 0 atom stereocenters. The van der Waals surface area contributed by atoms with Gasteiger partial charge in [0, 0.05) is 18.0 Å². The van der Waals surface area contributed by atoms with E-state index in [0.29, 0.717) is 20.8 Å². The third-order valence-electron chi connectivity index (χ3n) is 3.38. The van der Waals surface area contributed by atoms with Crippen LogP contribution in [0.1, 0.15) is 0 Å². The van der Waals surface area contributed by atoms with E-state index in [0.717, 1.165) is 23.9 Å². The van der Waals surface area contributed by atoms with Crippen molar-refractivity contribution >= 4 is 58.1 Å². The highest BCUT2D eigenvalue weighted by molar-refractivity contribution is 7.99. The Morgan fingerprint density at radius 1 is 1.11 bits per heavy atom. The molecule has 0 saturated heterocycles. The first kappa shape index (κ1) is 20.3. The fraction of sp³-hybridized carbons (Fsp3) is 0.125.